The van der Waals surface area contributed by atoms with Crippen LogP contribution in [0.25, 0.3) is 0 Å². The van der Waals surface area contributed by atoms with Crippen molar-refractivity contribution in [2.24, 2.45) is 5.92 Å². The van der Waals surface area contributed by atoms with Crippen LogP contribution in [0.4, 0.5) is 5.69 Å². The summed E-state index contributed by atoms with van der Waals surface area (Å²) in [5.74, 6) is -1.01. The summed E-state index contributed by atoms with van der Waals surface area (Å²) in [6.45, 7) is 8.67. The lowest BCUT2D eigenvalue weighted by molar-refractivity contribution is -0.129. The maximum atomic E-state index is 12.5. The van der Waals surface area contributed by atoms with Gasteiger partial charge in [0.15, 0.2) is 0 Å². The number of benzene rings is 2. The predicted molar refractivity (Wildman–Crippen MR) is 117 cm³/mol. The molecule has 3 rings (SSSR count). The molecule has 0 radical (unpaired) electrons. The van der Waals surface area contributed by atoms with Crippen LogP contribution < -0.4 is 10.6 Å². The molecule has 1 saturated heterocycles. The summed E-state index contributed by atoms with van der Waals surface area (Å²) in [4.78, 5) is 38.8. The van der Waals surface area contributed by atoms with Crippen molar-refractivity contribution in [3.8, 4) is 0 Å². The Bertz CT molecular complexity index is 943. The van der Waals surface area contributed by atoms with Crippen LogP contribution in [0.5, 0.6) is 0 Å². The van der Waals surface area contributed by atoms with E-state index in [1.165, 1.54) is 0 Å². The number of amides is 3. The number of hydrogen-bond donors (Lipinski definition) is 2. The Morgan fingerprint density at radius 1 is 1.00 bits per heavy atom. The van der Waals surface area contributed by atoms with E-state index in [1.54, 1.807) is 4.90 Å². The van der Waals surface area contributed by atoms with E-state index in [1.807, 2.05) is 64.1 Å². The fourth-order valence-corrected chi connectivity index (χ4v) is 3.89. The van der Waals surface area contributed by atoms with Gasteiger partial charge in [0.1, 0.15) is 0 Å². The highest BCUT2D eigenvalue weighted by Gasteiger charge is 2.34. The first-order valence-electron chi connectivity index (χ1n) is 10.2. The Hall–Kier alpha value is -3.15. The first-order chi connectivity index (χ1) is 14.2. The normalized spacial score (nSPS) is 15.9. The van der Waals surface area contributed by atoms with Crippen LogP contribution in [0, 0.1) is 33.6 Å². The molecule has 1 aliphatic rings. The van der Waals surface area contributed by atoms with Gasteiger partial charge in [-0.05, 0) is 44.4 Å². The first kappa shape index (κ1) is 21.6. The Morgan fingerprint density at radius 2 is 1.63 bits per heavy atom. The SMILES string of the molecule is Cc1ccc(CN2CC(C(=O)NCC(=O)Nc3c(C)cc(C)cc3C)CC2=O)cc1. The Balaban J connectivity index is 1.51. The number of hydrogen-bond acceptors (Lipinski definition) is 3. The Morgan fingerprint density at radius 3 is 2.27 bits per heavy atom. The summed E-state index contributed by atoms with van der Waals surface area (Å²) in [7, 11) is 0. The van der Waals surface area contributed by atoms with Gasteiger partial charge in [-0.15, -0.1) is 0 Å². The number of nitrogens with zero attached hydrogens (tertiary/aromatic N) is 1. The monoisotopic (exact) mass is 407 g/mol. The number of carbonyl (C=O) groups excluding carboxylic acids is 3. The average molecular weight is 408 g/mol. The van der Waals surface area contributed by atoms with Crippen molar-refractivity contribution in [3.05, 3.63) is 64.2 Å². The van der Waals surface area contributed by atoms with E-state index < -0.39 is 5.92 Å². The molecule has 1 atom stereocenters. The lowest BCUT2D eigenvalue weighted by Gasteiger charge is -2.17. The smallest absolute Gasteiger partial charge is 0.243 e. The molecule has 3 amide bonds. The van der Waals surface area contributed by atoms with Gasteiger partial charge in [-0.2, -0.15) is 0 Å². The molecule has 0 aromatic heterocycles. The molecule has 0 bridgehead atoms. The summed E-state index contributed by atoms with van der Waals surface area (Å²) in [5.41, 5.74) is 6.09. The molecular weight excluding hydrogens is 378 g/mol. The molecule has 30 heavy (non-hydrogen) atoms. The summed E-state index contributed by atoms with van der Waals surface area (Å²) in [6.07, 6.45) is 0.176. The van der Waals surface area contributed by atoms with Crippen molar-refractivity contribution in [1.82, 2.24) is 10.2 Å². The predicted octanol–water partition coefficient (Wildman–Crippen LogP) is 3.02. The molecule has 1 aliphatic heterocycles. The van der Waals surface area contributed by atoms with E-state index >= 15 is 0 Å². The minimum atomic E-state index is -0.432. The highest BCUT2D eigenvalue weighted by Crippen LogP contribution is 2.22. The lowest BCUT2D eigenvalue weighted by Crippen LogP contribution is -2.38. The molecule has 1 heterocycles. The number of nitrogens with one attached hydrogen (secondary N) is 2. The van der Waals surface area contributed by atoms with Crippen LogP contribution in [0.15, 0.2) is 36.4 Å². The number of aryl methyl sites for hydroxylation is 4. The largest absolute Gasteiger partial charge is 0.347 e. The van der Waals surface area contributed by atoms with Gasteiger partial charge in [0, 0.05) is 25.2 Å². The Kier molecular flexibility index (Phi) is 6.55. The molecule has 6 heteroatoms. The van der Waals surface area contributed by atoms with Crippen molar-refractivity contribution in [3.63, 3.8) is 0 Å². The second-order valence-corrected chi connectivity index (χ2v) is 8.20. The van der Waals surface area contributed by atoms with Crippen molar-refractivity contribution in [2.75, 3.05) is 18.4 Å². The zero-order valence-corrected chi connectivity index (χ0v) is 18.0. The van der Waals surface area contributed by atoms with E-state index in [0.29, 0.717) is 13.1 Å². The van der Waals surface area contributed by atoms with Gasteiger partial charge in [0.25, 0.3) is 0 Å². The van der Waals surface area contributed by atoms with Crippen molar-refractivity contribution in [1.29, 1.82) is 0 Å². The zero-order chi connectivity index (χ0) is 21.8. The summed E-state index contributed by atoms with van der Waals surface area (Å²) < 4.78 is 0. The number of rotatable bonds is 6. The molecule has 6 nitrogen and oxygen atoms in total. The van der Waals surface area contributed by atoms with Gasteiger partial charge >= 0.3 is 0 Å². The first-order valence-corrected chi connectivity index (χ1v) is 10.2. The number of likely N-dealkylation sites (tertiary alicyclic amines) is 1. The molecule has 0 spiro atoms. The van der Waals surface area contributed by atoms with E-state index in [9.17, 15) is 14.4 Å². The second-order valence-electron chi connectivity index (χ2n) is 8.20. The third-order valence-corrected chi connectivity index (χ3v) is 5.44. The molecule has 0 saturated carbocycles. The standard InChI is InChI=1S/C24H29N3O3/c1-15-5-7-19(8-6-15)13-27-14-20(11-22(27)29)24(30)25-12-21(28)26-23-17(3)9-16(2)10-18(23)4/h5-10,20H,11-14H2,1-4H3,(H,25,30)(H,26,28). The number of anilines is 1. The molecule has 1 fully saturated rings. The summed E-state index contributed by atoms with van der Waals surface area (Å²) in [6, 6.07) is 12.0. The molecule has 1 unspecified atom stereocenters. The topological polar surface area (TPSA) is 78.5 Å². The third-order valence-electron chi connectivity index (χ3n) is 5.44. The molecule has 2 aromatic carbocycles. The van der Waals surface area contributed by atoms with Crippen LogP contribution in [-0.4, -0.2) is 35.7 Å². The lowest BCUT2D eigenvalue weighted by atomic mass is 10.1. The van der Waals surface area contributed by atoms with Crippen LogP contribution in [0.2, 0.25) is 0 Å². The van der Waals surface area contributed by atoms with E-state index in [0.717, 1.165) is 33.5 Å². The van der Waals surface area contributed by atoms with Gasteiger partial charge in [0.2, 0.25) is 17.7 Å². The summed E-state index contributed by atoms with van der Waals surface area (Å²) >= 11 is 0. The zero-order valence-electron chi connectivity index (χ0n) is 18.0. The quantitative estimate of drug-likeness (QED) is 0.773. The molecular formula is C24H29N3O3. The van der Waals surface area contributed by atoms with Crippen LogP contribution >= 0.6 is 0 Å². The van der Waals surface area contributed by atoms with Crippen LogP contribution in [-0.2, 0) is 20.9 Å². The van der Waals surface area contributed by atoms with Crippen LogP contribution in [0.1, 0.15) is 34.2 Å². The van der Waals surface area contributed by atoms with Gasteiger partial charge in [-0.3, -0.25) is 14.4 Å². The fraction of sp³-hybridized carbons (Fsp3) is 0.375. The maximum Gasteiger partial charge on any atom is 0.243 e. The highest BCUT2D eigenvalue weighted by atomic mass is 16.2. The van der Waals surface area contributed by atoms with Gasteiger partial charge in [-0.1, -0.05) is 47.5 Å². The minimum Gasteiger partial charge on any atom is -0.347 e. The second kappa shape index (κ2) is 9.11. The van der Waals surface area contributed by atoms with Crippen LogP contribution in [0.3, 0.4) is 0 Å². The minimum absolute atomic E-state index is 0.0360. The van der Waals surface area contributed by atoms with Crippen molar-refractivity contribution in [2.45, 2.75) is 40.7 Å². The number of carbonyl (C=O) groups is 3. The molecule has 2 aromatic rings. The van der Waals surface area contributed by atoms with Gasteiger partial charge in [0.05, 0.1) is 12.5 Å². The molecule has 0 aliphatic carbocycles. The maximum absolute atomic E-state index is 12.5. The third kappa shape index (κ3) is 5.26. The van der Waals surface area contributed by atoms with Crippen molar-refractivity contribution >= 4 is 23.4 Å². The van der Waals surface area contributed by atoms with Gasteiger partial charge in [-0.25, -0.2) is 0 Å². The fourth-order valence-electron chi connectivity index (χ4n) is 3.89. The molecule has 2 N–H and O–H groups in total. The Labute approximate surface area is 177 Å². The van der Waals surface area contributed by atoms with E-state index in [4.69, 9.17) is 0 Å². The van der Waals surface area contributed by atoms with E-state index in [2.05, 4.69) is 10.6 Å². The van der Waals surface area contributed by atoms with Crippen molar-refractivity contribution < 1.29 is 14.4 Å². The average Bonchev–Trinajstić information content (AvgIpc) is 3.05. The molecule has 158 valence electrons. The van der Waals surface area contributed by atoms with E-state index in [-0.39, 0.29) is 30.7 Å². The van der Waals surface area contributed by atoms with Gasteiger partial charge < -0.3 is 15.5 Å². The highest BCUT2D eigenvalue weighted by molar-refractivity contribution is 5.97. The summed E-state index contributed by atoms with van der Waals surface area (Å²) in [5, 5.41) is 5.55.